The number of fused-ring (bicyclic) bond motifs is 3. The molecule has 5 aromatic rings. The average molecular weight is 488 g/mol. The summed E-state index contributed by atoms with van der Waals surface area (Å²) in [6.45, 7) is 4.96. The monoisotopic (exact) mass is 487 g/mol. The van der Waals surface area contributed by atoms with Gasteiger partial charge in [0.25, 0.3) is 0 Å². The third-order valence-corrected chi connectivity index (χ3v) is 7.19. The maximum Gasteiger partial charge on any atom is 0.332 e. The summed E-state index contributed by atoms with van der Waals surface area (Å²) in [7, 11) is 0. The van der Waals surface area contributed by atoms with Gasteiger partial charge in [-0.05, 0) is 57.6 Å². The molecule has 2 saturated carbocycles. The first-order chi connectivity index (χ1) is 17.6. The molecule has 0 radical (unpaired) electrons. The van der Waals surface area contributed by atoms with E-state index >= 15 is 0 Å². The molecule has 5 heterocycles. The fourth-order valence-electron chi connectivity index (χ4n) is 5.02. The first-order valence-corrected chi connectivity index (χ1v) is 12.3. The van der Waals surface area contributed by atoms with Crippen LogP contribution < -0.4 is 4.85 Å². The second-order valence-corrected chi connectivity index (χ2v) is 9.60. The molecule has 36 heavy (non-hydrogen) atoms. The zero-order valence-electron chi connectivity index (χ0n) is 20.0. The molecule has 12 nitrogen and oxygen atoms in total. The molecular formula is C24H25N9O3. The Kier molecular flexibility index (Phi) is 4.48. The molecule has 184 valence electrons. The Morgan fingerprint density at radius 1 is 1.28 bits per heavy atom. The molecule has 2 fully saturated rings. The fraction of sp³-hybridized carbons (Fsp3) is 0.417. The first kappa shape index (κ1) is 21.1. The summed E-state index contributed by atoms with van der Waals surface area (Å²) in [5.41, 5.74) is 2.90. The third kappa shape index (κ3) is 3.06. The Morgan fingerprint density at radius 3 is 2.81 bits per heavy atom. The van der Waals surface area contributed by atoms with Crippen molar-refractivity contribution in [1.82, 2.24) is 38.7 Å². The SMILES string of the molecule is CCN(C(=O)c1c(-n2cnn3c4c(-c5ccco5)ncnc4nc23)c(C)n(CC2CC2)[n+]1[O-])C1CC1. The van der Waals surface area contributed by atoms with Crippen molar-refractivity contribution in [3.63, 3.8) is 0 Å². The highest BCUT2D eigenvalue weighted by Crippen LogP contribution is 2.34. The van der Waals surface area contributed by atoms with E-state index in [2.05, 4.69) is 15.1 Å². The standard InChI is InChI=1S/C24H25N9O3/c1-3-29(16-8-9-16)23(34)21-19(14(2)31(33(21)35)11-15-6-7-15)30-13-27-32-20-18(17-5-4-10-36-17)25-12-26-22(20)28-24(30)32/h4-5,10,12-13,15-16H,3,6-9,11H2,1-2H3. The summed E-state index contributed by atoms with van der Waals surface area (Å²) in [5.74, 6) is 1.21. The zero-order chi connectivity index (χ0) is 24.6. The highest BCUT2D eigenvalue weighted by atomic mass is 16.5. The number of carbonyl (C=O) groups excluding carboxylic acids is 1. The van der Waals surface area contributed by atoms with Crippen molar-refractivity contribution in [3.8, 4) is 17.1 Å². The van der Waals surface area contributed by atoms with E-state index in [1.165, 1.54) is 6.33 Å². The van der Waals surface area contributed by atoms with E-state index in [0.717, 1.165) is 30.5 Å². The molecular weight excluding hydrogens is 462 g/mol. The van der Waals surface area contributed by atoms with Gasteiger partial charge in [0.15, 0.2) is 17.1 Å². The van der Waals surface area contributed by atoms with Gasteiger partial charge in [-0.3, -0.25) is 9.36 Å². The van der Waals surface area contributed by atoms with Crippen molar-refractivity contribution in [2.75, 3.05) is 6.54 Å². The number of furan rings is 1. The van der Waals surface area contributed by atoms with Crippen LogP contribution in [0.15, 0.2) is 35.5 Å². The van der Waals surface area contributed by atoms with E-state index in [0.29, 0.717) is 58.8 Å². The highest BCUT2D eigenvalue weighted by Gasteiger charge is 2.41. The lowest BCUT2D eigenvalue weighted by Gasteiger charge is -2.18. The number of carbonyl (C=O) groups is 1. The van der Waals surface area contributed by atoms with Crippen LogP contribution in [0.2, 0.25) is 0 Å². The summed E-state index contributed by atoms with van der Waals surface area (Å²) in [5, 5.41) is 18.2. The van der Waals surface area contributed by atoms with Gasteiger partial charge in [0, 0.05) is 12.6 Å². The van der Waals surface area contributed by atoms with Crippen LogP contribution in [-0.2, 0) is 6.54 Å². The maximum absolute atomic E-state index is 13.8. The largest absolute Gasteiger partial charge is 0.595 e. The normalized spacial score (nSPS) is 15.8. The summed E-state index contributed by atoms with van der Waals surface area (Å²) in [4.78, 5) is 29.8. The molecule has 0 unspecified atom stereocenters. The lowest BCUT2D eigenvalue weighted by Crippen LogP contribution is -2.47. The quantitative estimate of drug-likeness (QED) is 0.255. The van der Waals surface area contributed by atoms with Crippen LogP contribution in [-0.4, -0.2) is 57.2 Å². The molecule has 0 saturated heterocycles. The molecule has 5 aromatic heterocycles. The van der Waals surface area contributed by atoms with Gasteiger partial charge in [0.2, 0.25) is 5.78 Å². The fourth-order valence-corrected chi connectivity index (χ4v) is 5.02. The number of amides is 1. The average Bonchev–Trinajstić information content (AvgIpc) is 3.71. The molecule has 0 spiro atoms. The van der Waals surface area contributed by atoms with E-state index in [4.69, 9.17) is 9.40 Å². The Bertz CT molecular complexity index is 1620. The molecule has 1 amide bonds. The van der Waals surface area contributed by atoms with Gasteiger partial charge in [-0.1, -0.05) is 4.85 Å². The van der Waals surface area contributed by atoms with E-state index < -0.39 is 0 Å². The number of aromatic nitrogens is 8. The second-order valence-electron chi connectivity index (χ2n) is 9.60. The van der Waals surface area contributed by atoms with Crippen LogP contribution >= 0.6 is 0 Å². The minimum Gasteiger partial charge on any atom is -0.595 e. The Labute approximate surface area is 205 Å². The maximum atomic E-state index is 13.8. The minimum atomic E-state index is -0.262. The Hall–Kier alpha value is -4.22. The van der Waals surface area contributed by atoms with Gasteiger partial charge in [-0.25, -0.2) is 9.97 Å². The molecule has 0 N–H and O–H groups in total. The predicted molar refractivity (Wildman–Crippen MR) is 127 cm³/mol. The van der Waals surface area contributed by atoms with Gasteiger partial charge >= 0.3 is 11.6 Å². The van der Waals surface area contributed by atoms with Gasteiger partial charge < -0.3 is 14.5 Å². The minimum absolute atomic E-state index is 0.103. The number of hydrogen-bond acceptors (Lipinski definition) is 7. The highest BCUT2D eigenvalue weighted by molar-refractivity contribution is 5.96. The molecule has 2 aliphatic carbocycles. The molecule has 0 aromatic carbocycles. The van der Waals surface area contributed by atoms with E-state index in [1.807, 2.05) is 19.9 Å². The van der Waals surface area contributed by atoms with Gasteiger partial charge in [0.05, 0.1) is 12.8 Å². The van der Waals surface area contributed by atoms with Crippen LogP contribution in [0.3, 0.4) is 0 Å². The smallest absolute Gasteiger partial charge is 0.332 e. The summed E-state index contributed by atoms with van der Waals surface area (Å²) in [6, 6.07) is 3.79. The Morgan fingerprint density at radius 2 is 2.11 bits per heavy atom. The molecule has 12 heteroatoms. The van der Waals surface area contributed by atoms with Crippen molar-refractivity contribution >= 4 is 22.8 Å². The lowest BCUT2D eigenvalue weighted by molar-refractivity contribution is -0.697. The van der Waals surface area contributed by atoms with Gasteiger partial charge in [-0.2, -0.15) is 14.6 Å². The van der Waals surface area contributed by atoms with Crippen molar-refractivity contribution in [2.24, 2.45) is 5.92 Å². The molecule has 0 aliphatic heterocycles. The molecule has 0 bridgehead atoms. The third-order valence-electron chi connectivity index (χ3n) is 7.19. The molecule has 0 atom stereocenters. The predicted octanol–water partition coefficient (Wildman–Crippen LogP) is 2.50. The number of imidazole rings is 1. The van der Waals surface area contributed by atoms with Crippen LogP contribution in [0.1, 0.15) is 48.8 Å². The van der Waals surface area contributed by atoms with Gasteiger partial charge in [0.1, 0.15) is 29.6 Å². The number of rotatable bonds is 7. The lowest BCUT2D eigenvalue weighted by atomic mass is 10.2. The van der Waals surface area contributed by atoms with Crippen LogP contribution in [0.25, 0.3) is 34.1 Å². The summed E-state index contributed by atoms with van der Waals surface area (Å²) >= 11 is 0. The zero-order valence-corrected chi connectivity index (χ0v) is 20.0. The van der Waals surface area contributed by atoms with Crippen LogP contribution in [0.4, 0.5) is 0 Å². The van der Waals surface area contributed by atoms with Gasteiger partial charge in [-0.15, -0.1) is 4.68 Å². The topological polar surface area (TPSA) is 126 Å². The number of hydrogen-bond donors (Lipinski definition) is 0. The van der Waals surface area contributed by atoms with Crippen molar-refractivity contribution in [2.45, 2.75) is 52.1 Å². The summed E-state index contributed by atoms with van der Waals surface area (Å²) in [6.07, 6.45) is 8.72. The molecule has 2 aliphatic rings. The first-order valence-electron chi connectivity index (χ1n) is 12.3. The Balaban J connectivity index is 1.45. The van der Waals surface area contributed by atoms with Crippen molar-refractivity contribution in [3.05, 3.63) is 47.6 Å². The van der Waals surface area contributed by atoms with Crippen LogP contribution in [0.5, 0.6) is 0 Å². The van der Waals surface area contributed by atoms with E-state index in [-0.39, 0.29) is 17.6 Å². The van der Waals surface area contributed by atoms with E-state index in [1.54, 1.807) is 37.3 Å². The van der Waals surface area contributed by atoms with Crippen molar-refractivity contribution < 1.29 is 14.1 Å². The number of nitrogens with zero attached hydrogens (tertiary/aromatic N) is 9. The van der Waals surface area contributed by atoms with E-state index in [9.17, 15) is 10.0 Å². The van der Waals surface area contributed by atoms with Crippen LogP contribution in [0, 0.1) is 18.0 Å². The molecule has 7 rings (SSSR count). The van der Waals surface area contributed by atoms with Crippen molar-refractivity contribution in [1.29, 1.82) is 0 Å². The summed E-state index contributed by atoms with van der Waals surface area (Å²) < 4.78 is 10.6. The second kappa shape index (κ2) is 7.64.